The molecule has 0 radical (unpaired) electrons. The standard InChI is InChI=1S/C29H32N4O2S/c1-29(2,3)22-12-14-23(15-13-22)36(34,35)32-27-19-24-25(16-11-21-9-5-4-6-10-21)30-31-26(24)20-28(27)33-17-7-8-18-33/h4-6,9-16,19-20,32H,7-8,17-18H2,1-3H3,(H,30,31)/b16-11+. The van der Waals surface area contributed by atoms with Crippen molar-refractivity contribution in [1.29, 1.82) is 0 Å². The van der Waals surface area contributed by atoms with Gasteiger partial charge in [-0.3, -0.25) is 9.82 Å². The topological polar surface area (TPSA) is 78.1 Å². The van der Waals surface area contributed by atoms with Gasteiger partial charge in [-0.1, -0.05) is 69.3 Å². The smallest absolute Gasteiger partial charge is 0.261 e. The number of aromatic amines is 1. The Morgan fingerprint density at radius 3 is 2.31 bits per heavy atom. The SMILES string of the molecule is CC(C)(C)c1ccc(S(=O)(=O)Nc2cc3c(/C=C/c4ccccc4)n[nH]c3cc2N2CCCC2)cc1. The van der Waals surface area contributed by atoms with Crippen LogP contribution in [0.5, 0.6) is 0 Å². The van der Waals surface area contributed by atoms with Gasteiger partial charge in [0.2, 0.25) is 0 Å². The van der Waals surface area contributed by atoms with Crippen LogP contribution in [0.25, 0.3) is 23.1 Å². The minimum Gasteiger partial charge on any atom is -0.370 e. The average Bonchev–Trinajstić information content (AvgIpc) is 3.52. The van der Waals surface area contributed by atoms with Gasteiger partial charge in [0.25, 0.3) is 10.0 Å². The molecule has 0 spiro atoms. The number of anilines is 2. The van der Waals surface area contributed by atoms with Crippen LogP contribution in [0.2, 0.25) is 0 Å². The number of hydrogen-bond acceptors (Lipinski definition) is 4. The van der Waals surface area contributed by atoms with E-state index in [1.165, 1.54) is 0 Å². The molecule has 1 aromatic heterocycles. The summed E-state index contributed by atoms with van der Waals surface area (Å²) in [5.74, 6) is 0. The van der Waals surface area contributed by atoms with E-state index in [9.17, 15) is 8.42 Å². The van der Waals surface area contributed by atoms with E-state index in [1.54, 1.807) is 12.1 Å². The number of fused-ring (bicyclic) bond motifs is 1. The predicted octanol–water partition coefficient (Wildman–Crippen LogP) is 6.43. The summed E-state index contributed by atoms with van der Waals surface area (Å²) in [6.07, 6.45) is 6.14. The second-order valence-corrected chi connectivity index (χ2v) is 12.0. The molecule has 1 saturated heterocycles. The maximum atomic E-state index is 13.4. The summed E-state index contributed by atoms with van der Waals surface area (Å²) in [5.41, 5.74) is 5.20. The highest BCUT2D eigenvalue weighted by Gasteiger charge is 2.23. The van der Waals surface area contributed by atoms with Crippen molar-refractivity contribution in [2.75, 3.05) is 22.7 Å². The molecule has 0 unspecified atom stereocenters. The van der Waals surface area contributed by atoms with Gasteiger partial charge in [0, 0.05) is 18.5 Å². The number of nitrogens with zero attached hydrogens (tertiary/aromatic N) is 2. The van der Waals surface area contributed by atoms with Gasteiger partial charge in [-0.15, -0.1) is 0 Å². The third-order valence-electron chi connectivity index (χ3n) is 6.66. The first kappa shape index (κ1) is 24.1. The number of benzene rings is 3. The zero-order chi connectivity index (χ0) is 25.3. The van der Waals surface area contributed by atoms with Gasteiger partial charge < -0.3 is 4.90 Å². The van der Waals surface area contributed by atoms with Crippen molar-refractivity contribution in [2.45, 2.75) is 43.9 Å². The Hall–Kier alpha value is -3.58. The second kappa shape index (κ2) is 9.47. The third kappa shape index (κ3) is 5.02. The fourth-order valence-corrected chi connectivity index (χ4v) is 5.64. The van der Waals surface area contributed by atoms with Crippen LogP contribution in [-0.4, -0.2) is 31.7 Å². The number of rotatable bonds is 6. The zero-order valence-corrected chi connectivity index (χ0v) is 21.8. The minimum atomic E-state index is -3.77. The lowest BCUT2D eigenvalue weighted by Crippen LogP contribution is -2.21. The third-order valence-corrected chi connectivity index (χ3v) is 8.04. The normalized spacial score (nSPS) is 14.7. The van der Waals surface area contributed by atoms with Crippen LogP contribution >= 0.6 is 0 Å². The summed E-state index contributed by atoms with van der Waals surface area (Å²) in [6, 6.07) is 21.1. The molecule has 0 bridgehead atoms. The van der Waals surface area contributed by atoms with Crippen LogP contribution in [0.4, 0.5) is 11.4 Å². The lowest BCUT2D eigenvalue weighted by Gasteiger charge is -2.23. The molecule has 186 valence electrons. The molecule has 0 aliphatic carbocycles. The molecule has 5 rings (SSSR count). The molecule has 3 aromatic carbocycles. The summed E-state index contributed by atoms with van der Waals surface area (Å²) in [7, 11) is -3.77. The summed E-state index contributed by atoms with van der Waals surface area (Å²) in [6.45, 7) is 8.13. The van der Waals surface area contributed by atoms with E-state index < -0.39 is 10.0 Å². The number of sulfonamides is 1. The van der Waals surface area contributed by atoms with Crippen LogP contribution in [0.3, 0.4) is 0 Å². The Labute approximate surface area is 213 Å². The fraction of sp³-hybridized carbons (Fsp3) is 0.276. The van der Waals surface area contributed by atoms with E-state index in [0.29, 0.717) is 5.69 Å². The molecule has 2 N–H and O–H groups in total. The zero-order valence-electron chi connectivity index (χ0n) is 21.0. The fourth-order valence-electron chi connectivity index (χ4n) is 4.58. The molecule has 0 atom stereocenters. The van der Waals surface area contributed by atoms with E-state index in [0.717, 1.165) is 59.3 Å². The van der Waals surface area contributed by atoms with Gasteiger partial charge in [-0.25, -0.2) is 8.42 Å². The number of hydrogen-bond donors (Lipinski definition) is 2. The predicted molar refractivity (Wildman–Crippen MR) is 149 cm³/mol. The molecular formula is C29H32N4O2S. The second-order valence-electron chi connectivity index (χ2n) is 10.3. The highest BCUT2D eigenvalue weighted by molar-refractivity contribution is 7.92. The largest absolute Gasteiger partial charge is 0.370 e. The highest BCUT2D eigenvalue weighted by atomic mass is 32.2. The summed E-state index contributed by atoms with van der Waals surface area (Å²) in [5, 5.41) is 8.49. The van der Waals surface area contributed by atoms with Gasteiger partial charge >= 0.3 is 0 Å². The van der Waals surface area contributed by atoms with Crippen molar-refractivity contribution < 1.29 is 8.42 Å². The van der Waals surface area contributed by atoms with Crippen molar-refractivity contribution in [3.63, 3.8) is 0 Å². The number of H-pyrrole nitrogens is 1. The van der Waals surface area contributed by atoms with Crippen LogP contribution < -0.4 is 9.62 Å². The Kier molecular flexibility index (Phi) is 6.35. The van der Waals surface area contributed by atoms with Crippen LogP contribution in [-0.2, 0) is 15.4 Å². The van der Waals surface area contributed by atoms with Crippen molar-refractivity contribution >= 4 is 44.5 Å². The molecule has 6 nitrogen and oxygen atoms in total. The van der Waals surface area contributed by atoms with Gasteiger partial charge in [0.05, 0.1) is 27.5 Å². The van der Waals surface area contributed by atoms with Crippen LogP contribution in [0, 0.1) is 0 Å². The molecule has 1 fully saturated rings. The summed E-state index contributed by atoms with van der Waals surface area (Å²) < 4.78 is 29.8. The molecule has 7 heteroatoms. The Morgan fingerprint density at radius 1 is 0.944 bits per heavy atom. The van der Waals surface area contributed by atoms with Crippen molar-refractivity contribution in [3.8, 4) is 0 Å². The van der Waals surface area contributed by atoms with E-state index in [4.69, 9.17) is 0 Å². The molecule has 4 aromatic rings. The summed E-state index contributed by atoms with van der Waals surface area (Å²) >= 11 is 0. The molecular weight excluding hydrogens is 468 g/mol. The molecule has 0 saturated carbocycles. The van der Waals surface area contributed by atoms with Crippen molar-refractivity contribution in [2.24, 2.45) is 0 Å². The first-order valence-corrected chi connectivity index (χ1v) is 13.8. The molecule has 2 heterocycles. The van der Waals surface area contributed by atoms with Crippen molar-refractivity contribution in [3.05, 3.63) is 83.6 Å². The molecule has 0 amide bonds. The lowest BCUT2D eigenvalue weighted by atomic mass is 9.87. The van der Waals surface area contributed by atoms with Gasteiger partial charge in [-0.2, -0.15) is 5.10 Å². The van der Waals surface area contributed by atoms with Crippen LogP contribution in [0.15, 0.2) is 71.6 Å². The first-order valence-electron chi connectivity index (χ1n) is 12.3. The number of aromatic nitrogens is 2. The minimum absolute atomic E-state index is 0.0470. The quantitative estimate of drug-likeness (QED) is 0.320. The Morgan fingerprint density at radius 2 is 1.64 bits per heavy atom. The summed E-state index contributed by atoms with van der Waals surface area (Å²) in [4.78, 5) is 2.49. The van der Waals surface area contributed by atoms with E-state index in [-0.39, 0.29) is 10.3 Å². The van der Waals surface area contributed by atoms with Crippen LogP contribution in [0.1, 0.15) is 50.4 Å². The average molecular weight is 501 g/mol. The van der Waals surface area contributed by atoms with Gasteiger partial charge in [0.1, 0.15) is 0 Å². The lowest BCUT2D eigenvalue weighted by molar-refractivity contribution is 0.587. The Bertz CT molecular complexity index is 1490. The van der Waals surface area contributed by atoms with Gasteiger partial charge in [-0.05, 0) is 59.7 Å². The molecule has 36 heavy (non-hydrogen) atoms. The Balaban J connectivity index is 1.53. The van der Waals surface area contributed by atoms with E-state index in [2.05, 4.69) is 40.6 Å². The maximum absolute atomic E-state index is 13.4. The number of nitrogens with one attached hydrogen (secondary N) is 2. The van der Waals surface area contributed by atoms with E-state index >= 15 is 0 Å². The maximum Gasteiger partial charge on any atom is 0.261 e. The van der Waals surface area contributed by atoms with E-state index in [1.807, 2.05) is 66.7 Å². The molecule has 1 aliphatic rings. The molecule has 1 aliphatic heterocycles. The first-order chi connectivity index (χ1) is 17.2. The van der Waals surface area contributed by atoms with Gasteiger partial charge in [0.15, 0.2) is 0 Å². The monoisotopic (exact) mass is 500 g/mol. The van der Waals surface area contributed by atoms with Crippen molar-refractivity contribution in [1.82, 2.24) is 10.2 Å². The highest BCUT2D eigenvalue weighted by Crippen LogP contribution is 2.36.